The quantitative estimate of drug-likeness (QED) is 0.562. The second kappa shape index (κ2) is 12.3. The highest BCUT2D eigenvalue weighted by molar-refractivity contribution is 5.79. The SMILES string of the molecule is CCCC(CCC)(NC(=O)CC#N)c1ccc(OCCN(CC)CC)cc1. The second-order valence-electron chi connectivity index (χ2n) is 6.86. The van der Waals surface area contributed by atoms with E-state index in [1.807, 2.05) is 30.3 Å². The largest absolute Gasteiger partial charge is 0.492 e. The van der Waals surface area contributed by atoms with Gasteiger partial charge >= 0.3 is 0 Å². The number of hydrogen-bond donors (Lipinski definition) is 1. The Kier molecular flexibility index (Phi) is 10.5. The number of benzene rings is 1. The molecule has 1 N–H and O–H groups in total. The molecule has 0 spiro atoms. The van der Waals surface area contributed by atoms with E-state index in [1.54, 1.807) is 0 Å². The first kappa shape index (κ1) is 23.0. The minimum Gasteiger partial charge on any atom is -0.492 e. The number of ether oxygens (including phenoxy) is 1. The van der Waals surface area contributed by atoms with Gasteiger partial charge in [0, 0.05) is 6.54 Å². The fourth-order valence-corrected chi connectivity index (χ4v) is 3.55. The summed E-state index contributed by atoms with van der Waals surface area (Å²) in [5.74, 6) is 0.634. The average Bonchev–Trinajstić information content (AvgIpc) is 2.66. The van der Waals surface area contributed by atoms with Crippen molar-refractivity contribution < 1.29 is 9.53 Å². The van der Waals surface area contributed by atoms with Gasteiger partial charge in [-0.1, -0.05) is 52.7 Å². The van der Waals surface area contributed by atoms with Gasteiger partial charge in [0.05, 0.1) is 11.6 Å². The fraction of sp³-hybridized carbons (Fsp3) is 0.636. The number of nitrogens with zero attached hydrogens (tertiary/aromatic N) is 2. The minimum absolute atomic E-state index is 0.109. The van der Waals surface area contributed by atoms with Gasteiger partial charge in [-0.2, -0.15) is 5.26 Å². The summed E-state index contributed by atoms with van der Waals surface area (Å²) in [5.41, 5.74) is 0.658. The molecule has 5 heteroatoms. The summed E-state index contributed by atoms with van der Waals surface area (Å²) in [6, 6.07) is 9.99. The smallest absolute Gasteiger partial charge is 0.234 e. The highest BCUT2D eigenvalue weighted by Crippen LogP contribution is 2.33. The van der Waals surface area contributed by atoms with Crippen molar-refractivity contribution in [3.05, 3.63) is 29.8 Å². The van der Waals surface area contributed by atoms with Crippen molar-refractivity contribution in [2.24, 2.45) is 0 Å². The van der Waals surface area contributed by atoms with Crippen molar-refractivity contribution in [3.8, 4) is 11.8 Å². The monoisotopic (exact) mass is 373 g/mol. The van der Waals surface area contributed by atoms with E-state index >= 15 is 0 Å². The summed E-state index contributed by atoms with van der Waals surface area (Å²) < 4.78 is 5.88. The molecule has 5 nitrogen and oxygen atoms in total. The molecule has 0 aliphatic rings. The molecule has 1 rings (SSSR count). The number of amides is 1. The highest BCUT2D eigenvalue weighted by Gasteiger charge is 2.32. The molecular weight excluding hydrogens is 338 g/mol. The van der Waals surface area contributed by atoms with Crippen LogP contribution in [0.15, 0.2) is 24.3 Å². The van der Waals surface area contributed by atoms with E-state index in [0.29, 0.717) is 6.61 Å². The van der Waals surface area contributed by atoms with Crippen LogP contribution < -0.4 is 10.1 Å². The summed E-state index contributed by atoms with van der Waals surface area (Å²) >= 11 is 0. The van der Waals surface area contributed by atoms with Gasteiger partial charge in [-0.25, -0.2) is 0 Å². The maximum absolute atomic E-state index is 12.1. The predicted molar refractivity (Wildman–Crippen MR) is 110 cm³/mol. The summed E-state index contributed by atoms with van der Waals surface area (Å²) in [6.45, 7) is 12.2. The van der Waals surface area contributed by atoms with Crippen molar-refractivity contribution in [1.82, 2.24) is 10.2 Å². The van der Waals surface area contributed by atoms with Gasteiger partial charge in [0.2, 0.25) is 5.91 Å². The van der Waals surface area contributed by atoms with E-state index in [0.717, 1.165) is 56.6 Å². The third kappa shape index (κ3) is 7.22. The number of carbonyl (C=O) groups is 1. The van der Waals surface area contributed by atoms with Gasteiger partial charge in [-0.15, -0.1) is 0 Å². The normalized spacial score (nSPS) is 11.3. The van der Waals surface area contributed by atoms with Crippen molar-refractivity contribution in [3.63, 3.8) is 0 Å². The molecule has 0 unspecified atom stereocenters. The summed E-state index contributed by atoms with van der Waals surface area (Å²) in [4.78, 5) is 14.5. The first-order valence-corrected chi connectivity index (χ1v) is 10.2. The van der Waals surface area contributed by atoms with Gasteiger partial charge in [0.15, 0.2) is 0 Å². The average molecular weight is 374 g/mol. The Balaban J connectivity index is 2.89. The third-order valence-corrected chi connectivity index (χ3v) is 4.95. The van der Waals surface area contributed by atoms with Crippen LogP contribution in [0.4, 0.5) is 0 Å². The van der Waals surface area contributed by atoms with E-state index in [2.05, 4.69) is 37.9 Å². The van der Waals surface area contributed by atoms with Crippen molar-refractivity contribution in [2.45, 2.75) is 65.3 Å². The molecule has 1 aromatic carbocycles. The molecule has 0 saturated carbocycles. The van der Waals surface area contributed by atoms with Crippen LogP contribution in [0.25, 0.3) is 0 Å². The molecule has 27 heavy (non-hydrogen) atoms. The highest BCUT2D eigenvalue weighted by atomic mass is 16.5. The summed E-state index contributed by atoms with van der Waals surface area (Å²) in [7, 11) is 0. The maximum atomic E-state index is 12.1. The van der Waals surface area contributed by atoms with Crippen LogP contribution >= 0.6 is 0 Å². The lowest BCUT2D eigenvalue weighted by Crippen LogP contribution is -2.45. The summed E-state index contributed by atoms with van der Waals surface area (Å²) in [5, 5.41) is 12.0. The molecule has 0 radical (unpaired) electrons. The Morgan fingerprint density at radius 1 is 1.11 bits per heavy atom. The number of hydrogen-bond acceptors (Lipinski definition) is 4. The minimum atomic E-state index is -0.419. The molecule has 0 fully saturated rings. The second-order valence-corrected chi connectivity index (χ2v) is 6.86. The van der Waals surface area contributed by atoms with Gasteiger partial charge in [-0.05, 0) is 43.6 Å². The number of nitrogens with one attached hydrogen (secondary N) is 1. The van der Waals surface area contributed by atoms with Gasteiger partial charge < -0.3 is 15.0 Å². The van der Waals surface area contributed by atoms with Crippen LogP contribution in [0.5, 0.6) is 5.75 Å². The lowest BCUT2D eigenvalue weighted by atomic mass is 9.81. The molecule has 1 aromatic rings. The Morgan fingerprint density at radius 2 is 1.70 bits per heavy atom. The number of carbonyl (C=O) groups excluding carboxylic acids is 1. The van der Waals surface area contributed by atoms with Gasteiger partial charge in [0.25, 0.3) is 0 Å². The first-order chi connectivity index (χ1) is 13.0. The predicted octanol–water partition coefficient (Wildman–Crippen LogP) is 4.23. The van der Waals surface area contributed by atoms with E-state index in [4.69, 9.17) is 10.00 Å². The Hall–Kier alpha value is -2.06. The molecule has 0 aromatic heterocycles. The van der Waals surface area contributed by atoms with E-state index < -0.39 is 5.54 Å². The Labute approximate surface area is 164 Å². The molecule has 0 aliphatic heterocycles. The molecule has 0 heterocycles. The van der Waals surface area contributed by atoms with Crippen LogP contribution in [0.2, 0.25) is 0 Å². The van der Waals surface area contributed by atoms with Crippen molar-refractivity contribution in [2.75, 3.05) is 26.2 Å². The summed E-state index contributed by atoms with van der Waals surface area (Å²) in [6.07, 6.45) is 3.49. The molecule has 0 bridgehead atoms. The van der Waals surface area contributed by atoms with Crippen LogP contribution in [0.3, 0.4) is 0 Å². The van der Waals surface area contributed by atoms with Gasteiger partial charge in [0.1, 0.15) is 18.8 Å². The standard InChI is InChI=1S/C22H35N3O2/c1-5-14-22(15-6-2,24-21(26)13-16-23)19-9-11-20(12-10-19)27-18-17-25(7-3)8-4/h9-12H,5-8,13-15,17-18H2,1-4H3,(H,24,26). The van der Waals surface area contributed by atoms with Crippen LogP contribution in [-0.2, 0) is 10.3 Å². The fourth-order valence-electron chi connectivity index (χ4n) is 3.55. The number of likely N-dealkylation sites (N-methyl/N-ethyl adjacent to an activating group) is 1. The van der Waals surface area contributed by atoms with Crippen molar-refractivity contribution >= 4 is 5.91 Å². The molecule has 0 atom stereocenters. The Bertz CT molecular complexity index is 583. The zero-order chi connectivity index (χ0) is 20.1. The molecular formula is C22H35N3O2. The zero-order valence-corrected chi connectivity index (χ0v) is 17.4. The van der Waals surface area contributed by atoms with Crippen molar-refractivity contribution in [1.29, 1.82) is 5.26 Å². The maximum Gasteiger partial charge on any atom is 0.234 e. The zero-order valence-electron chi connectivity index (χ0n) is 17.4. The van der Waals surface area contributed by atoms with Gasteiger partial charge in [-0.3, -0.25) is 4.79 Å². The molecule has 150 valence electrons. The number of rotatable bonds is 13. The van der Waals surface area contributed by atoms with E-state index in [1.165, 1.54) is 0 Å². The first-order valence-electron chi connectivity index (χ1n) is 10.2. The van der Waals surface area contributed by atoms with Crippen LogP contribution in [0.1, 0.15) is 65.4 Å². The van der Waals surface area contributed by atoms with E-state index in [-0.39, 0.29) is 12.3 Å². The van der Waals surface area contributed by atoms with Crippen LogP contribution in [0, 0.1) is 11.3 Å². The third-order valence-electron chi connectivity index (χ3n) is 4.95. The topological polar surface area (TPSA) is 65.4 Å². The lowest BCUT2D eigenvalue weighted by molar-refractivity contribution is -0.122. The molecule has 0 aliphatic carbocycles. The molecule has 1 amide bonds. The van der Waals surface area contributed by atoms with Crippen LogP contribution in [-0.4, -0.2) is 37.0 Å². The number of nitriles is 1. The Morgan fingerprint density at radius 3 is 2.19 bits per heavy atom. The molecule has 0 saturated heterocycles. The lowest BCUT2D eigenvalue weighted by Gasteiger charge is -2.35. The van der Waals surface area contributed by atoms with E-state index in [9.17, 15) is 4.79 Å².